The van der Waals surface area contributed by atoms with Crippen molar-refractivity contribution in [1.82, 2.24) is 0 Å². The maximum atomic E-state index is 10.5. The molecule has 0 radical (unpaired) electrons. The standard InChI is InChI=1S/C9H7NO3/c10-3-4-13-9-2-1-8(12)5-7(9)6-11/h1-2,5-6,12H,4H2. The van der Waals surface area contributed by atoms with Crippen molar-refractivity contribution in [3.63, 3.8) is 0 Å². The smallest absolute Gasteiger partial charge is 0.174 e. The molecule has 0 saturated carbocycles. The van der Waals surface area contributed by atoms with Crippen LogP contribution in [0, 0.1) is 11.3 Å². The van der Waals surface area contributed by atoms with Crippen molar-refractivity contribution >= 4 is 6.29 Å². The van der Waals surface area contributed by atoms with Gasteiger partial charge in [-0.1, -0.05) is 0 Å². The Morgan fingerprint density at radius 3 is 3.00 bits per heavy atom. The van der Waals surface area contributed by atoms with Crippen LogP contribution >= 0.6 is 0 Å². The molecular weight excluding hydrogens is 170 g/mol. The SMILES string of the molecule is N#CCOc1ccc(O)cc1C=O. The third kappa shape index (κ3) is 2.20. The second-order valence-corrected chi connectivity index (χ2v) is 2.29. The largest absolute Gasteiger partial charge is 0.508 e. The predicted molar refractivity (Wildman–Crippen MR) is 44.6 cm³/mol. The zero-order valence-corrected chi connectivity index (χ0v) is 6.73. The van der Waals surface area contributed by atoms with E-state index in [1.54, 1.807) is 6.07 Å². The van der Waals surface area contributed by atoms with E-state index in [1.165, 1.54) is 18.2 Å². The van der Waals surface area contributed by atoms with Gasteiger partial charge in [0.25, 0.3) is 0 Å². The Morgan fingerprint density at radius 2 is 2.38 bits per heavy atom. The first-order valence-corrected chi connectivity index (χ1v) is 3.56. The van der Waals surface area contributed by atoms with Crippen LogP contribution in [-0.4, -0.2) is 18.0 Å². The van der Waals surface area contributed by atoms with E-state index in [-0.39, 0.29) is 17.9 Å². The third-order valence-electron chi connectivity index (χ3n) is 1.41. The van der Waals surface area contributed by atoms with E-state index >= 15 is 0 Å². The number of rotatable bonds is 3. The fourth-order valence-electron chi connectivity index (χ4n) is 0.869. The summed E-state index contributed by atoms with van der Waals surface area (Å²) in [5.74, 6) is 0.292. The van der Waals surface area contributed by atoms with Gasteiger partial charge < -0.3 is 9.84 Å². The molecule has 0 atom stereocenters. The summed E-state index contributed by atoms with van der Waals surface area (Å²) in [6.45, 7) is -0.119. The van der Waals surface area contributed by atoms with Gasteiger partial charge in [-0.25, -0.2) is 0 Å². The minimum absolute atomic E-state index is 0.00796. The maximum Gasteiger partial charge on any atom is 0.174 e. The highest BCUT2D eigenvalue weighted by atomic mass is 16.5. The summed E-state index contributed by atoms with van der Waals surface area (Å²) >= 11 is 0. The number of hydrogen-bond donors (Lipinski definition) is 1. The molecule has 0 bridgehead atoms. The van der Waals surface area contributed by atoms with Gasteiger partial charge >= 0.3 is 0 Å². The van der Waals surface area contributed by atoms with Gasteiger partial charge in [-0.05, 0) is 18.2 Å². The fourth-order valence-corrected chi connectivity index (χ4v) is 0.869. The van der Waals surface area contributed by atoms with Crippen LogP contribution in [0.15, 0.2) is 18.2 Å². The number of hydrogen-bond acceptors (Lipinski definition) is 4. The van der Waals surface area contributed by atoms with Gasteiger partial charge in [-0.2, -0.15) is 5.26 Å². The highest BCUT2D eigenvalue weighted by Gasteiger charge is 2.02. The quantitative estimate of drug-likeness (QED) is 0.702. The van der Waals surface area contributed by atoms with Gasteiger partial charge in [0.05, 0.1) is 5.56 Å². The van der Waals surface area contributed by atoms with E-state index < -0.39 is 0 Å². The number of benzene rings is 1. The lowest BCUT2D eigenvalue weighted by atomic mass is 10.2. The van der Waals surface area contributed by atoms with E-state index in [1.807, 2.05) is 0 Å². The number of phenolic OH excluding ortho intramolecular Hbond substituents is 1. The first-order chi connectivity index (χ1) is 6.27. The summed E-state index contributed by atoms with van der Waals surface area (Å²) in [6, 6.07) is 5.89. The normalized spacial score (nSPS) is 8.85. The number of aromatic hydroxyl groups is 1. The second kappa shape index (κ2) is 4.12. The van der Waals surface area contributed by atoms with Crippen molar-refractivity contribution in [1.29, 1.82) is 5.26 Å². The van der Waals surface area contributed by atoms with E-state index in [2.05, 4.69) is 0 Å². The molecule has 0 aliphatic carbocycles. The van der Waals surface area contributed by atoms with Gasteiger partial charge in [-0.3, -0.25) is 4.79 Å². The van der Waals surface area contributed by atoms with Crippen LogP contribution in [0.25, 0.3) is 0 Å². The second-order valence-electron chi connectivity index (χ2n) is 2.29. The van der Waals surface area contributed by atoms with Crippen LogP contribution < -0.4 is 4.74 Å². The molecule has 0 aliphatic heterocycles. The summed E-state index contributed by atoms with van der Waals surface area (Å²) in [5, 5.41) is 17.2. The Hall–Kier alpha value is -2.02. The Labute approximate surface area is 75.0 Å². The van der Waals surface area contributed by atoms with Crippen LogP contribution in [0.1, 0.15) is 10.4 Å². The van der Waals surface area contributed by atoms with Crippen LogP contribution in [0.3, 0.4) is 0 Å². The molecule has 4 nitrogen and oxygen atoms in total. The zero-order chi connectivity index (χ0) is 9.68. The van der Waals surface area contributed by atoms with Crippen molar-refractivity contribution in [2.24, 2.45) is 0 Å². The molecule has 1 aromatic carbocycles. The Kier molecular flexibility index (Phi) is 2.87. The molecule has 66 valence electrons. The van der Waals surface area contributed by atoms with E-state index in [9.17, 15) is 4.79 Å². The highest BCUT2D eigenvalue weighted by molar-refractivity contribution is 5.80. The molecule has 1 rings (SSSR count). The highest BCUT2D eigenvalue weighted by Crippen LogP contribution is 2.21. The molecule has 1 aromatic rings. The molecule has 13 heavy (non-hydrogen) atoms. The molecule has 0 heterocycles. The Balaban J connectivity index is 2.93. The minimum Gasteiger partial charge on any atom is -0.508 e. The number of phenols is 1. The number of nitrogens with zero attached hydrogens (tertiary/aromatic N) is 1. The van der Waals surface area contributed by atoms with Crippen molar-refractivity contribution in [2.45, 2.75) is 0 Å². The van der Waals surface area contributed by atoms with E-state index in [0.717, 1.165) is 0 Å². The molecule has 4 heteroatoms. The van der Waals surface area contributed by atoms with Gasteiger partial charge in [-0.15, -0.1) is 0 Å². The van der Waals surface area contributed by atoms with Crippen LogP contribution in [0.5, 0.6) is 11.5 Å². The lowest BCUT2D eigenvalue weighted by Gasteiger charge is -2.03. The Bertz CT molecular complexity index is 354. The molecular formula is C9H7NO3. The van der Waals surface area contributed by atoms with Crippen LogP contribution in [-0.2, 0) is 0 Å². The average Bonchev–Trinajstić information content (AvgIpc) is 2.16. The van der Waals surface area contributed by atoms with Crippen LogP contribution in [0.2, 0.25) is 0 Å². The summed E-state index contributed by atoms with van der Waals surface area (Å²) in [5.41, 5.74) is 0.232. The third-order valence-corrected chi connectivity index (χ3v) is 1.41. The van der Waals surface area contributed by atoms with Gasteiger partial charge in [0.2, 0.25) is 0 Å². The molecule has 0 saturated heterocycles. The number of carbonyl (C=O) groups excluding carboxylic acids is 1. The average molecular weight is 177 g/mol. The van der Waals surface area contributed by atoms with Crippen LogP contribution in [0.4, 0.5) is 0 Å². The first-order valence-electron chi connectivity index (χ1n) is 3.56. The fraction of sp³-hybridized carbons (Fsp3) is 0.111. The topological polar surface area (TPSA) is 70.3 Å². The molecule has 0 aromatic heterocycles. The van der Waals surface area contributed by atoms with Gasteiger partial charge in [0.15, 0.2) is 12.9 Å². The zero-order valence-electron chi connectivity index (χ0n) is 6.73. The molecule has 0 unspecified atom stereocenters. The molecule has 1 N–H and O–H groups in total. The predicted octanol–water partition coefficient (Wildman–Crippen LogP) is 1.11. The molecule has 0 amide bonds. The van der Waals surface area contributed by atoms with Gasteiger partial charge in [0.1, 0.15) is 17.6 Å². The number of ether oxygens (including phenoxy) is 1. The van der Waals surface area contributed by atoms with Crippen molar-refractivity contribution < 1.29 is 14.6 Å². The molecule has 0 aliphatic rings. The summed E-state index contributed by atoms with van der Waals surface area (Å²) in [6.07, 6.45) is 0.562. The van der Waals surface area contributed by atoms with Crippen molar-refractivity contribution in [3.05, 3.63) is 23.8 Å². The lowest BCUT2D eigenvalue weighted by Crippen LogP contribution is -1.96. The molecule has 0 fully saturated rings. The lowest BCUT2D eigenvalue weighted by molar-refractivity contribution is 0.111. The van der Waals surface area contributed by atoms with E-state index in [0.29, 0.717) is 12.0 Å². The van der Waals surface area contributed by atoms with Crippen molar-refractivity contribution in [2.75, 3.05) is 6.61 Å². The summed E-state index contributed by atoms with van der Waals surface area (Å²) in [4.78, 5) is 10.5. The Morgan fingerprint density at radius 1 is 1.62 bits per heavy atom. The monoisotopic (exact) mass is 177 g/mol. The summed E-state index contributed by atoms with van der Waals surface area (Å²) < 4.78 is 4.93. The number of carbonyl (C=O) groups is 1. The minimum atomic E-state index is -0.119. The number of aldehydes is 1. The molecule has 0 spiro atoms. The maximum absolute atomic E-state index is 10.5. The summed E-state index contributed by atoms with van der Waals surface area (Å²) in [7, 11) is 0. The van der Waals surface area contributed by atoms with Crippen molar-refractivity contribution in [3.8, 4) is 17.6 Å². The van der Waals surface area contributed by atoms with E-state index in [4.69, 9.17) is 15.1 Å². The first kappa shape index (κ1) is 9.07. The van der Waals surface area contributed by atoms with Gasteiger partial charge in [0, 0.05) is 0 Å². The number of nitriles is 1.